The van der Waals surface area contributed by atoms with E-state index in [4.69, 9.17) is 4.74 Å². The SMILES string of the molecule is C=C(C)C(NCCC)c1ccc(OC)c(Br)c1. The first-order valence-corrected chi connectivity index (χ1v) is 6.61. The number of benzene rings is 1. The summed E-state index contributed by atoms with van der Waals surface area (Å²) >= 11 is 3.51. The number of hydrogen-bond donors (Lipinski definition) is 1. The molecule has 0 saturated carbocycles. The summed E-state index contributed by atoms with van der Waals surface area (Å²) in [5.41, 5.74) is 2.33. The van der Waals surface area contributed by atoms with Gasteiger partial charge in [0.1, 0.15) is 5.75 Å². The first-order valence-electron chi connectivity index (χ1n) is 5.82. The molecule has 0 amide bonds. The Kier molecular flexibility index (Phi) is 5.72. The molecule has 94 valence electrons. The summed E-state index contributed by atoms with van der Waals surface area (Å²) in [5, 5.41) is 3.49. The van der Waals surface area contributed by atoms with Crippen LogP contribution in [0.15, 0.2) is 34.8 Å². The van der Waals surface area contributed by atoms with Crippen LogP contribution in [0, 0.1) is 0 Å². The molecule has 1 N–H and O–H groups in total. The second kappa shape index (κ2) is 6.82. The lowest BCUT2D eigenvalue weighted by Gasteiger charge is -2.20. The second-order valence-corrected chi connectivity index (χ2v) is 4.98. The summed E-state index contributed by atoms with van der Waals surface area (Å²) in [7, 11) is 1.67. The monoisotopic (exact) mass is 297 g/mol. The first-order chi connectivity index (χ1) is 8.10. The van der Waals surface area contributed by atoms with Gasteiger partial charge in [-0.15, -0.1) is 0 Å². The Bertz CT molecular complexity index is 390. The van der Waals surface area contributed by atoms with E-state index in [9.17, 15) is 0 Å². The highest BCUT2D eigenvalue weighted by atomic mass is 79.9. The van der Waals surface area contributed by atoms with Crippen LogP contribution in [0.25, 0.3) is 0 Å². The van der Waals surface area contributed by atoms with Gasteiger partial charge in [-0.2, -0.15) is 0 Å². The quantitative estimate of drug-likeness (QED) is 0.799. The van der Waals surface area contributed by atoms with Crippen molar-refractivity contribution in [2.75, 3.05) is 13.7 Å². The van der Waals surface area contributed by atoms with Gasteiger partial charge in [-0.05, 0) is 53.5 Å². The lowest BCUT2D eigenvalue weighted by molar-refractivity contribution is 0.411. The fourth-order valence-corrected chi connectivity index (χ4v) is 2.29. The molecule has 1 rings (SSSR count). The van der Waals surface area contributed by atoms with Crippen LogP contribution in [0.3, 0.4) is 0 Å². The van der Waals surface area contributed by atoms with Crippen LogP contribution >= 0.6 is 15.9 Å². The van der Waals surface area contributed by atoms with Gasteiger partial charge in [0.2, 0.25) is 0 Å². The molecule has 0 fully saturated rings. The van der Waals surface area contributed by atoms with Crippen LogP contribution in [0.1, 0.15) is 31.9 Å². The normalized spacial score (nSPS) is 12.2. The highest BCUT2D eigenvalue weighted by molar-refractivity contribution is 9.10. The fraction of sp³-hybridized carbons (Fsp3) is 0.429. The third kappa shape index (κ3) is 3.86. The van der Waals surface area contributed by atoms with Crippen molar-refractivity contribution in [3.05, 3.63) is 40.4 Å². The molecule has 1 atom stereocenters. The van der Waals surface area contributed by atoms with Crippen LogP contribution in [-0.2, 0) is 0 Å². The van der Waals surface area contributed by atoms with Gasteiger partial charge < -0.3 is 10.1 Å². The van der Waals surface area contributed by atoms with E-state index in [1.165, 1.54) is 5.56 Å². The van der Waals surface area contributed by atoms with Crippen LogP contribution < -0.4 is 10.1 Å². The molecular formula is C14H20BrNO. The number of rotatable bonds is 6. The van der Waals surface area contributed by atoms with Crippen LogP contribution in [0.4, 0.5) is 0 Å². The third-order valence-electron chi connectivity index (χ3n) is 2.60. The summed E-state index contributed by atoms with van der Waals surface area (Å²) < 4.78 is 6.21. The predicted octanol–water partition coefficient (Wildman–Crippen LogP) is 4.07. The number of hydrogen-bond acceptors (Lipinski definition) is 2. The Morgan fingerprint density at radius 1 is 1.53 bits per heavy atom. The van der Waals surface area contributed by atoms with E-state index >= 15 is 0 Å². The lowest BCUT2D eigenvalue weighted by Crippen LogP contribution is -2.22. The molecule has 0 aliphatic carbocycles. The number of nitrogens with one attached hydrogen (secondary N) is 1. The first kappa shape index (κ1) is 14.3. The van der Waals surface area contributed by atoms with Gasteiger partial charge >= 0.3 is 0 Å². The average Bonchev–Trinajstić information content (AvgIpc) is 2.29. The molecule has 2 nitrogen and oxygen atoms in total. The molecule has 0 heterocycles. The molecule has 1 aromatic carbocycles. The molecule has 1 aromatic rings. The van der Waals surface area contributed by atoms with E-state index in [2.05, 4.69) is 46.9 Å². The molecule has 0 saturated heterocycles. The van der Waals surface area contributed by atoms with Gasteiger partial charge in [-0.25, -0.2) is 0 Å². The largest absolute Gasteiger partial charge is 0.496 e. The Morgan fingerprint density at radius 3 is 2.71 bits per heavy atom. The number of methoxy groups -OCH3 is 1. The number of ether oxygens (including phenoxy) is 1. The summed E-state index contributed by atoms with van der Waals surface area (Å²) in [4.78, 5) is 0. The maximum Gasteiger partial charge on any atom is 0.133 e. The van der Waals surface area contributed by atoms with Crippen LogP contribution in [0.5, 0.6) is 5.75 Å². The van der Waals surface area contributed by atoms with Crippen molar-refractivity contribution in [2.45, 2.75) is 26.3 Å². The van der Waals surface area contributed by atoms with Crippen molar-refractivity contribution in [3.8, 4) is 5.75 Å². The fourth-order valence-electron chi connectivity index (χ4n) is 1.73. The minimum atomic E-state index is 0.206. The maximum absolute atomic E-state index is 5.23. The van der Waals surface area contributed by atoms with Crippen molar-refractivity contribution in [1.82, 2.24) is 5.32 Å². The summed E-state index contributed by atoms with van der Waals surface area (Å²) in [6, 6.07) is 6.34. The third-order valence-corrected chi connectivity index (χ3v) is 3.22. The topological polar surface area (TPSA) is 21.3 Å². The van der Waals surface area contributed by atoms with Crippen molar-refractivity contribution in [3.63, 3.8) is 0 Å². The van der Waals surface area contributed by atoms with Crippen molar-refractivity contribution < 1.29 is 4.74 Å². The molecule has 0 spiro atoms. The summed E-state index contributed by atoms with van der Waals surface area (Å²) in [5.74, 6) is 0.852. The molecule has 0 bridgehead atoms. The smallest absolute Gasteiger partial charge is 0.133 e. The Balaban J connectivity index is 2.94. The predicted molar refractivity (Wildman–Crippen MR) is 76.5 cm³/mol. The van der Waals surface area contributed by atoms with E-state index in [-0.39, 0.29) is 6.04 Å². The maximum atomic E-state index is 5.23. The molecule has 0 aromatic heterocycles. The Labute approximate surface area is 112 Å². The van der Waals surface area contributed by atoms with Crippen LogP contribution in [-0.4, -0.2) is 13.7 Å². The zero-order chi connectivity index (χ0) is 12.8. The standard InChI is InChI=1S/C14H20BrNO/c1-5-8-16-14(10(2)3)11-6-7-13(17-4)12(15)9-11/h6-7,9,14,16H,2,5,8H2,1,3-4H3. The molecule has 17 heavy (non-hydrogen) atoms. The highest BCUT2D eigenvalue weighted by Crippen LogP contribution is 2.30. The van der Waals surface area contributed by atoms with E-state index in [0.717, 1.165) is 28.8 Å². The molecule has 1 unspecified atom stereocenters. The van der Waals surface area contributed by atoms with E-state index in [1.54, 1.807) is 7.11 Å². The summed E-state index contributed by atoms with van der Waals surface area (Å²) in [6.45, 7) is 9.24. The van der Waals surface area contributed by atoms with Gasteiger partial charge in [0.15, 0.2) is 0 Å². The van der Waals surface area contributed by atoms with Gasteiger partial charge in [0.25, 0.3) is 0 Å². The minimum Gasteiger partial charge on any atom is -0.496 e. The zero-order valence-electron chi connectivity index (χ0n) is 10.7. The minimum absolute atomic E-state index is 0.206. The van der Waals surface area contributed by atoms with Crippen LogP contribution in [0.2, 0.25) is 0 Å². The van der Waals surface area contributed by atoms with Crippen molar-refractivity contribution >= 4 is 15.9 Å². The molecule has 3 heteroatoms. The lowest BCUT2D eigenvalue weighted by atomic mass is 10.0. The Morgan fingerprint density at radius 2 is 2.24 bits per heavy atom. The molecule has 0 radical (unpaired) electrons. The van der Waals surface area contributed by atoms with Gasteiger partial charge in [0.05, 0.1) is 17.6 Å². The van der Waals surface area contributed by atoms with Gasteiger partial charge in [0, 0.05) is 0 Å². The van der Waals surface area contributed by atoms with Gasteiger partial charge in [-0.1, -0.05) is 25.1 Å². The highest BCUT2D eigenvalue weighted by Gasteiger charge is 2.12. The molecule has 0 aliphatic rings. The average molecular weight is 298 g/mol. The van der Waals surface area contributed by atoms with E-state index in [0.29, 0.717) is 0 Å². The zero-order valence-corrected chi connectivity index (χ0v) is 12.3. The Hall–Kier alpha value is -0.800. The summed E-state index contributed by atoms with van der Waals surface area (Å²) in [6.07, 6.45) is 1.11. The number of halogens is 1. The second-order valence-electron chi connectivity index (χ2n) is 4.13. The van der Waals surface area contributed by atoms with Crippen molar-refractivity contribution in [2.24, 2.45) is 0 Å². The molecular weight excluding hydrogens is 278 g/mol. The molecule has 0 aliphatic heterocycles. The van der Waals surface area contributed by atoms with Crippen molar-refractivity contribution in [1.29, 1.82) is 0 Å². The van der Waals surface area contributed by atoms with E-state index in [1.807, 2.05) is 13.0 Å². The van der Waals surface area contributed by atoms with Gasteiger partial charge in [-0.3, -0.25) is 0 Å². The van der Waals surface area contributed by atoms with E-state index < -0.39 is 0 Å².